The van der Waals surface area contributed by atoms with Crippen LogP contribution in [0.4, 0.5) is 21.0 Å². The Kier molecular flexibility index (Phi) is 4.42. The van der Waals surface area contributed by atoms with Crippen molar-refractivity contribution in [2.45, 2.75) is 6.04 Å². The largest absolute Gasteiger partial charge is 0.447 e. The van der Waals surface area contributed by atoms with Gasteiger partial charge in [-0.3, -0.25) is 10.2 Å². The lowest BCUT2D eigenvalue weighted by Crippen LogP contribution is -2.38. The molecule has 1 atom stereocenters. The number of carbonyl (C=O) groups excluding carboxylic acids is 2. The van der Waals surface area contributed by atoms with Gasteiger partial charge in [0.05, 0.1) is 0 Å². The first-order chi connectivity index (χ1) is 11.2. The minimum absolute atomic E-state index is 0.0549. The third-order valence-electron chi connectivity index (χ3n) is 3.42. The van der Waals surface area contributed by atoms with Crippen molar-refractivity contribution >= 4 is 23.6 Å². The van der Waals surface area contributed by atoms with E-state index in [0.29, 0.717) is 11.4 Å². The van der Waals surface area contributed by atoms with E-state index in [4.69, 9.17) is 9.47 Å². The molecule has 1 N–H and O–H groups in total. The zero-order chi connectivity index (χ0) is 16.1. The summed E-state index contributed by atoms with van der Waals surface area (Å²) in [6, 6.07) is 17.8. The van der Waals surface area contributed by atoms with Gasteiger partial charge in [0.15, 0.2) is 0 Å². The van der Waals surface area contributed by atoms with Crippen molar-refractivity contribution in [3.8, 4) is 0 Å². The second-order valence-corrected chi connectivity index (χ2v) is 5.03. The van der Waals surface area contributed by atoms with Gasteiger partial charge in [-0.15, -0.1) is 0 Å². The molecule has 0 bridgehead atoms. The predicted molar refractivity (Wildman–Crippen MR) is 85.5 cm³/mol. The average Bonchev–Trinajstić information content (AvgIpc) is 2.95. The number of anilines is 2. The van der Waals surface area contributed by atoms with E-state index in [0.717, 1.165) is 0 Å². The van der Waals surface area contributed by atoms with Crippen molar-refractivity contribution in [3.05, 3.63) is 60.7 Å². The molecule has 0 spiro atoms. The highest BCUT2D eigenvalue weighted by atomic mass is 16.6. The Balaban J connectivity index is 1.59. The molecule has 1 aliphatic heterocycles. The lowest BCUT2D eigenvalue weighted by Gasteiger charge is -2.21. The molecule has 1 saturated heterocycles. The monoisotopic (exact) mass is 312 g/mol. The number of hydrogen-bond acceptors (Lipinski definition) is 4. The summed E-state index contributed by atoms with van der Waals surface area (Å²) in [5, 5.41) is 2.63. The van der Waals surface area contributed by atoms with Gasteiger partial charge in [0, 0.05) is 11.4 Å². The molecule has 1 heterocycles. The molecule has 0 saturated carbocycles. The lowest BCUT2D eigenvalue weighted by molar-refractivity contribution is 0.146. The van der Waals surface area contributed by atoms with Crippen LogP contribution in [0.25, 0.3) is 0 Å². The quantitative estimate of drug-likeness (QED) is 0.941. The summed E-state index contributed by atoms with van der Waals surface area (Å²) in [6.45, 7) is 0.242. The number of carbonyl (C=O) groups is 2. The average molecular weight is 312 g/mol. The highest BCUT2D eigenvalue weighted by molar-refractivity contribution is 5.90. The van der Waals surface area contributed by atoms with Crippen LogP contribution < -0.4 is 10.2 Å². The number of cyclic esters (lactones) is 1. The van der Waals surface area contributed by atoms with Gasteiger partial charge in [0.1, 0.15) is 19.3 Å². The van der Waals surface area contributed by atoms with Crippen molar-refractivity contribution in [3.63, 3.8) is 0 Å². The van der Waals surface area contributed by atoms with E-state index in [2.05, 4.69) is 5.32 Å². The molecule has 0 aromatic heterocycles. The van der Waals surface area contributed by atoms with Crippen molar-refractivity contribution < 1.29 is 19.1 Å². The van der Waals surface area contributed by atoms with Gasteiger partial charge in [0.25, 0.3) is 0 Å². The highest BCUT2D eigenvalue weighted by Gasteiger charge is 2.35. The zero-order valence-corrected chi connectivity index (χ0v) is 12.3. The number of para-hydroxylation sites is 2. The maximum Gasteiger partial charge on any atom is 0.414 e. The molecular weight excluding hydrogens is 296 g/mol. The summed E-state index contributed by atoms with van der Waals surface area (Å²) >= 11 is 0. The number of nitrogens with zero attached hydrogens (tertiary/aromatic N) is 1. The fraction of sp³-hybridized carbons (Fsp3) is 0.176. The van der Waals surface area contributed by atoms with Crippen molar-refractivity contribution in [1.29, 1.82) is 0 Å². The molecular formula is C17H16N2O4. The smallest absolute Gasteiger partial charge is 0.414 e. The van der Waals surface area contributed by atoms with E-state index in [1.807, 2.05) is 48.5 Å². The summed E-state index contributed by atoms with van der Waals surface area (Å²) in [7, 11) is 0. The number of hydrogen-bond donors (Lipinski definition) is 1. The Morgan fingerprint density at radius 2 is 1.78 bits per heavy atom. The number of amides is 2. The molecule has 118 valence electrons. The highest BCUT2D eigenvalue weighted by Crippen LogP contribution is 2.22. The second-order valence-electron chi connectivity index (χ2n) is 5.03. The van der Waals surface area contributed by atoms with Crippen molar-refractivity contribution in [2.75, 3.05) is 23.4 Å². The van der Waals surface area contributed by atoms with Gasteiger partial charge in [-0.2, -0.15) is 0 Å². The molecule has 2 aromatic carbocycles. The molecule has 6 heteroatoms. The molecule has 2 amide bonds. The second kappa shape index (κ2) is 6.83. The van der Waals surface area contributed by atoms with Gasteiger partial charge in [0.2, 0.25) is 0 Å². The summed E-state index contributed by atoms with van der Waals surface area (Å²) < 4.78 is 10.3. The van der Waals surface area contributed by atoms with Gasteiger partial charge in [-0.1, -0.05) is 36.4 Å². The van der Waals surface area contributed by atoms with E-state index >= 15 is 0 Å². The summed E-state index contributed by atoms with van der Waals surface area (Å²) in [5.41, 5.74) is 1.36. The number of benzene rings is 2. The molecule has 0 aliphatic carbocycles. The van der Waals surface area contributed by atoms with E-state index in [1.165, 1.54) is 4.90 Å². The van der Waals surface area contributed by atoms with Crippen LogP contribution in [0.1, 0.15) is 0 Å². The molecule has 23 heavy (non-hydrogen) atoms. The van der Waals surface area contributed by atoms with Crippen LogP contribution in [0.5, 0.6) is 0 Å². The first-order valence-electron chi connectivity index (χ1n) is 7.24. The van der Waals surface area contributed by atoms with Crippen molar-refractivity contribution in [1.82, 2.24) is 0 Å². The Hall–Kier alpha value is -3.02. The van der Waals surface area contributed by atoms with E-state index in [-0.39, 0.29) is 19.3 Å². The number of nitrogens with one attached hydrogen (secondary N) is 1. The third-order valence-corrected chi connectivity index (χ3v) is 3.42. The topological polar surface area (TPSA) is 67.9 Å². The lowest BCUT2D eigenvalue weighted by atomic mass is 10.2. The molecule has 1 fully saturated rings. The summed E-state index contributed by atoms with van der Waals surface area (Å²) in [4.78, 5) is 25.2. The Bertz CT molecular complexity index is 676. The van der Waals surface area contributed by atoms with E-state index in [9.17, 15) is 9.59 Å². The maximum absolute atomic E-state index is 11.9. The minimum Gasteiger partial charge on any atom is -0.447 e. The van der Waals surface area contributed by atoms with Crippen LogP contribution in [0.2, 0.25) is 0 Å². The third kappa shape index (κ3) is 3.60. The Morgan fingerprint density at radius 3 is 2.48 bits per heavy atom. The predicted octanol–water partition coefficient (Wildman–Crippen LogP) is 3.26. The van der Waals surface area contributed by atoms with Crippen LogP contribution in [-0.2, 0) is 9.47 Å². The van der Waals surface area contributed by atoms with E-state index in [1.54, 1.807) is 12.1 Å². The van der Waals surface area contributed by atoms with Crippen LogP contribution in [0, 0.1) is 0 Å². The normalized spacial score (nSPS) is 16.8. The summed E-state index contributed by atoms with van der Waals surface area (Å²) in [6.07, 6.45) is -1.00. The van der Waals surface area contributed by atoms with Crippen molar-refractivity contribution in [2.24, 2.45) is 0 Å². The standard InChI is InChI=1S/C17H16N2O4/c20-16(18-13-7-3-1-4-8-13)22-11-15-12-23-17(21)19(15)14-9-5-2-6-10-14/h1-10,15H,11-12H2,(H,18,20)/t15-/m1/s1. The molecule has 1 aliphatic rings. The van der Waals surface area contributed by atoms with Gasteiger partial charge in [-0.05, 0) is 24.3 Å². The fourth-order valence-corrected chi connectivity index (χ4v) is 2.34. The fourth-order valence-electron chi connectivity index (χ4n) is 2.34. The molecule has 6 nitrogen and oxygen atoms in total. The van der Waals surface area contributed by atoms with E-state index < -0.39 is 12.2 Å². The SMILES string of the molecule is O=C(Nc1ccccc1)OC[C@@H]1COC(=O)N1c1ccccc1. The van der Waals surface area contributed by atoms with Crippen LogP contribution in [-0.4, -0.2) is 31.4 Å². The Labute approximate surface area is 133 Å². The summed E-state index contributed by atoms with van der Waals surface area (Å²) in [5.74, 6) is 0. The molecule has 0 unspecified atom stereocenters. The zero-order valence-electron chi connectivity index (χ0n) is 12.3. The minimum atomic E-state index is -0.566. The van der Waals surface area contributed by atoms with Crippen LogP contribution in [0.3, 0.4) is 0 Å². The van der Waals surface area contributed by atoms with Crippen LogP contribution in [0.15, 0.2) is 60.7 Å². The molecule has 0 radical (unpaired) electrons. The van der Waals surface area contributed by atoms with Gasteiger partial charge >= 0.3 is 12.2 Å². The first-order valence-corrected chi connectivity index (χ1v) is 7.24. The molecule has 3 rings (SSSR count). The first kappa shape index (κ1) is 14.9. The van der Waals surface area contributed by atoms with Crippen LogP contribution >= 0.6 is 0 Å². The van der Waals surface area contributed by atoms with Gasteiger partial charge in [-0.25, -0.2) is 9.59 Å². The number of ether oxygens (including phenoxy) is 2. The Morgan fingerprint density at radius 1 is 1.13 bits per heavy atom. The number of rotatable bonds is 4. The van der Waals surface area contributed by atoms with Gasteiger partial charge < -0.3 is 9.47 Å². The molecule has 2 aromatic rings. The maximum atomic E-state index is 11.9.